The van der Waals surface area contributed by atoms with Gasteiger partial charge in [-0.1, -0.05) is 111 Å². The Kier molecular flexibility index (Phi) is 18.7. The van der Waals surface area contributed by atoms with Gasteiger partial charge in [0.05, 0.1) is 0 Å². The number of aryl methyl sites for hydroxylation is 2. The average molecular weight is 575 g/mol. The lowest BCUT2D eigenvalue weighted by Gasteiger charge is -2.15. The monoisotopic (exact) mass is 574 g/mol. The molecule has 0 radical (unpaired) electrons. The molecular formula is C36H46O4S. The van der Waals surface area contributed by atoms with Crippen molar-refractivity contribution in [2.24, 2.45) is 0 Å². The van der Waals surface area contributed by atoms with Gasteiger partial charge in [0.15, 0.2) is 0 Å². The van der Waals surface area contributed by atoms with Gasteiger partial charge >= 0.3 is 11.9 Å². The molecule has 5 heteroatoms. The summed E-state index contributed by atoms with van der Waals surface area (Å²) in [5, 5.41) is 0. The molecule has 2 aromatic carbocycles. The smallest absolute Gasteiger partial charge is 0.304 e. The van der Waals surface area contributed by atoms with Crippen LogP contribution in [0, 0.1) is 23.7 Å². The molecule has 0 aromatic heterocycles. The molecule has 0 saturated heterocycles. The number of esters is 2. The number of benzene rings is 2. The standard InChI is InChI=1S/C36H46O4S/c1-31(37)39-35(29-21-11-7-3-5-9-15-23-33-25-17-13-18-26-33)41-36(40-32(2)38)30-22-12-8-4-6-10-16-24-34-27-19-14-20-28-34/h13-14,17-20,25-28,35-36H,3-12,15-16,23-24H2,1-2H3. The fourth-order valence-corrected chi connectivity index (χ4v) is 5.25. The molecule has 0 heterocycles. The fourth-order valence-electron chi connectivity index (χ4n) is 4.34. The van der Waals surface area contributed by atoms with Gasteiger partial charge in [0, 0.05) is 26.7 Å². The van der Waals surface area contributed by atoms with Crippen LogP contribution in [0.2, 0.25) is 0 Å². The molecule has 0 aliphatic rings. The van der Waals surface area contributed by atoms with E-state index in [9.17, 15) is 9.59 Å². The Labute approximate surface area is 252 Å². The minimum Gasteiger partial charge on any atom is -0.439 e. The van der Waals surface area contributed by atoms with Gasteiger partial charge < -0.3 is 9.47 Å². The molecule has 2 unspecified atom stereocenters. The molecule has 0 amide bonds. The first-order chi connectivity index (χ1) is 20.0. The number of thioether (sulfide) groups is 1. The number of hydrogen-bond acceptors (Lipinski definition) is 5. The Bertz CT molecular complexity index is 1020. The molecule has 0 N–H and O–H groups in total. The zero-order valence-corrected chi connectivity index (χ0v) is 25.7. The Morgan fingerprint density at radius 2 is 0.951 bits per heavy atom. The summed E-state index contributed by atoms with van der Waals surface area (Å²) in [7, 11) is 0. The van der Waals surface area contributed by atoms with Crippen LogP contribution in [-0.4, -0.2) is 22.8 Å². The molecule has 0 bridgehead atoms. The first-order valence-corrected chi connectivity index (χ1v) is 16.0. The second-order valence-corrected chi connectivity index (χ2v) is 11.3. The number of ether oxygens (including phenoxy) is 2. The van der Waals surface area contributed by atoms with Crippen LogP contribution in [0.25, 0.3) is 0 Å². The zero-order chi connectivity index (χ0) is 29.4. The first kappa shape index (κ1) is 34.1. The van der Waals surface area contributed by atoms with Crippen molar-refractivity contribution >= 4 is 23.7 Å². The summed E-state index contributed by atoms with van der Waals surface area (Å²) in [4.78, 5) is 23.3. The van der Waals surface area contributed by atoms with E-state index < -0.39 is 22.8 Å². The van der Waals surface area contributed by atoms with Crippen molar-refractivity contribution in [3.8, 4) is 23.7 Å². The molecule has 2 rings (SSSR count). The number of carbonyl (C=O) groups is 2. The maximum absolute atomic E-state index is 11.6. The molecular weight excluding hydrogens is 528 g/mol. The van der Waals surface area contributed by atoms with Crippen molar-refractivity contribution in [1.29, 1.82) is 0 Å². The summed E-state index contributed by atoms with van der Waals surface area (Å²) in [5.74, 6) is 11.5. The highest BCUT2D eigenvalue weighted by atomic mass is 32.2. The molecule has 2 aromatic rings. The van der Waals surface area contributed by atoms with Crippen LogP contribution in [0.5, 0.6) is 0 Å². The third-order valence-electron chi connectivity index (χ3n) is 6.45. The van der Waals surface area contributed by atoms with E-state index in [4.69, 9.17) is 9.47 Å². The van der Waals surface area contributed by atoms with Crippen LogP contribution in [0.1, 0.15) is 102 Å². The maximum atomic E-state index is 11.6. The molecule has 0 aliphatic heterocycles. The van der Waals surface area contributed by atoms with E-state index in [0.717, 1.165) is 63.1 Å². The van der Waals surface area contributed by atoms with E-state index >= 15 is 0 Å². The maximum Gasteiger partial charge on any atom is 0.304 e. The zero-order valence-electron chi connectivity index (χ0n) is 24.9. The molecule has 0 fully saturated rings. The van der Waals surface area contributed by atoms with Crippen molar-refractivity contribution in [2.75, 3.05) is 0 Å². The molecule has 0 aliphatic carbocycles. The lowest BCUT2D eigenvalue weighted by molar-refractivity contribution is -0.140. The fraction of sp³-hybridized carbons (Fsp3) is 0.500. The number of unbranched alkanes of at least 4 members (excludes halogenated alkanes) is 10. The second-order valence-electron chi connectivity index (χ2n) is 10.2. The van der Waals surface area contributed by atoms with Crippen LogP contribution in [0.15, 0.2) is 60.7 Å². The molecule has 0 spiro atoms. The Hall–Kier alpha value is -3.15. The summed E-state index contributed by atoms with van der Waals surface area (Å²) in [6.07, 6.45) is 15.2. The van der Waals surface area contributed by atoms with E-state index in [2.05, 4.69) is 84.3 Å². The van der Waals surface area contributed by atoms with Crippen molar-refractivity contribution < 1.29 is 19.1 Å². The number of hydrogen-bond donors (Lipinski definition) is 0. The Morgan fingerprint density at radius 1 is 0.585 bits per heavy atom. The number of carbonyl (C=O) groups excluding carboxylic acids is 2. The third-order valence-corrected chi connectivity index (χ3v) is 7.38. The molecule has 41 heavy (non-hydrogen) atoms. The van der Waals surface area contributed by atoms with Crippen LogP contribution < -0.4 is 0 Å². The van der Waals surface area contributed by atoms with Gasteiger partial charge in [0.1, 0.15) is 0 Å². The highest BCUT2D eigenvalue weighted by Gasteiger charge is 2.18. The molecule has 220 valence electrons. The van der Waals surface area contributed by atoms with Crippen LogP contribution in [-0.2, 0) is 31.9 Å². The van der Waals surface area contributed by atoms with E-state index in [1.807, 2.05) is 0 Å². The predicted molar refractivity (Wildman–Crippen MR) is 170 cm³/mol. The van der Waals surface area contributed by atoms with Gasteiger partial charge in [-0.15, -0.1) is 0 Å². The van der Waals surface area contributed by atoms with Gasteiger partial charge in [0.2, 0.25) is 10.9 Å². The average Bonchev–Trinajstić information content (AvgIpc) is 2.95. The molecule has 0 saturated carbocycles. The van der Waals surface area contributed by atoms with Crippen molar-refractivity contribution in [3.63, 3.8) is 0 Å². The summed E-state index contributed by atoms with van der Waals surface area (Å²) >= 11 is 1.16. The molecule has 4 nitrogen and oxygen atoms in total. The second kappa shape index (κ2) is 22.5. The normalized spacial score (nSPS) is 11.8. The van der Waals surface area contributed by atoms with Crippen molar-refractivity contribution in [2.45, 2.75) is 115 Å². The van der Waals surface area contributed by atoms with Gasteiger partial charge in [-0.2, -0.15) is 0 Å². The summed E-state index contributed by atoms with van der Waals surface area (Å²) in [6.45, 7) is 2.72. The van der Waals surface area contributed by atoms with Gasteiger partial charge in [-0.05, 0) is 73.3 Å². The van der Waals surface area contributed by atoms with E-state index in [1.165, 1.54) is 63.5 Å². The van der Waals surface area contributed by atoms with Gasteiger partial charge in [-0.3, -0.25) is 9.59 Å². The van der Waals surface area contributed by atoms with Gasteiger partial charge in [-0.25, -0.2) is 0 Å². The lowest BCUT2D eigenvalue weighted by atomic mass is 10.1. The number of rotatable bonds is 18. The minimum absolute atomic E-state index is 0.419. The van der Waals surface area contributed by atoms with Crippen LogP contribution >= 0.6 is 11.8 Å². The van der Waals surface area contributed by atoms with Crippen molar-refractivity contribution in [3.05, 3.63) is 71.8 Å². The molecule has 2 atom stereocenters. The highest BCUT2D eigenvalue weighted by Crippen LogP contribution is 2.21. The third kappa shape index (κ3) is 18.8. The van der Waals surface area contributed by atoms with Crippen LogP contribution in [0.3, 0.4) is 0 Å². The Morgan fingerprint density at radius 3 is 1.34 bits per heavy atom. The summed E-state index contributed by atoms with van der Waals surface area (Å²) < 4.78 is 10.7. The summed E-state index contributed by atoms with van der Waals surface area (Å²) in [5.41, 5.74) is 1.35. The quantitative estimate of drug-likeness (QED) is 0.0772. The SMILES string of the molecule is CC(=O)OC(C#CCCCCCCCc1ccccc1)SC(C#CCCCCCCCc1ccccc1)OC(C)=O. The first-order valence-electron chi connectivity index (χ1n) is 15.1. The van der Waals surface area contributed by atoms with Crippen LogP contribution in [0.4, 0.5) is 0 Å². The Balaban J connectivity index is 1.66. The summed E-state index contributed by atoms with van der Waals surface area (Å²) in [6, 6.07) is 21.2. The topological polar surface area (TPSA) is 52.6 Å². The van der Waals surface area contributed by atoms with E-state index in [-0.39, 0.29) is 0 Å². The largest absolute Gasteiger partial charge is 0.439 e. The van der Waals surface area contributed by atoms with E-state index in [0.29, 0.717) is 0 Å². The minimum atomic E-state index is -0.721. The van der Waals surface area contributed by atoms with Gasteiger partial charge in [0.25, 0.3) is 0 Å². The lowest BCUT2D eigenvalue weighted by Crippen LogP contribution is -2.18. The highest BCUT2D eigenvalue weighted by molar-refractivity contribution is 8.00. The van der Waals surface area contributed by atoms with Crippen molar-refractivity contribution in [1.82, 2.24) is 0 Å². The van der Waals surface area contributed by atoms with E-state index in [1.54, 1.807) is 0 Å². The predicted octanol–water partition coefficient (Wildman–Crippen LogP) is 8.67.